The maximum Gasteiger partial charge on any atom is 0.270 e. The van der Waals surface area contributed by atoms with Crippen molar-refractivity contribution in [2.24, 2.45) is 0 Å². The van der Waals surface area contributed by atoms with E-state index in [1.165, 1.54) is 28.2 Å². The first-order valence-corrected chi connectivity index (χ1v) is 11.1. The Hall–Kier alpha value is -3.55. The largest absolute Gasteiger partial charge is 0.382 e. The van der Waals surface area contributed by atoms with E-state index in [0.29, 0.717) is 36.5 Å². The number of benzene rings is 1. The Morgan fingerprint density at radius 1 is 1.26 bits per heavy atom. The Bertz CT molecular complexity index is 1240. The van der Waals surface area contributed by atoms with Crippen molar-refractivity contribution >= 4 is 34.4 Å². The smallest absolute Gasteiger partial charge is 0.270 e. The highest BCUT2D eigenvalue weighted by Crippen LogP contribution is 2.27. The van der Waals surface area contributed by atoms with Crippen LogP contribution in [0.1, 0.15) is 28.2 Å². The van der Waals surface area contributed by atoms with Gasteiger partial charge in [0.15, 0.2) is 0 Å². The fourth-order valence-corrected chi connectivity index (χ4v) is 4.61. The van der Waals surface area contributed by atoms with Gasteiger partial charge in [-0.3, -0.25) is 4.79 Å². The number of halogens is 1. The number of nitriles is 1. The molecule has 3 N–H and O–H groups in total. The quantitative estimate of drug-likeness (QED) is 0.412. The van der Waals surface area contributed by atoms with Gasteiger partial charge < -0.3 is 11.1 Å². The van der Waals surface area contributed by atoms with E-state index in [-0.39, 0.29) is 23.1 Å². The second-order valence-corrected chi connectivity index (χ2v) is 8.39. The van der Waals surface area contributed by atoms with Crippen LogP contribution in [-0.4, -0.2) is 27.2 Å². The van der Waals surface area contributed by atoms with Crippen LogP contribution in [0.2, 0.25) is 0 Å². The Balaban J connectivity index is 1.36. The predicted octanol–water partition coefficient (Wildman–Crippen LogP) is 4.01. The Kier molecular flexibility index (Phi) is 6.06. The summed E-state index contributed by atoms with van der Waals surface area (Å²) in [4.78, 5) is 17.8. The average Bonchev–Trinajstić information content (AvgIpc) is 3.51. The van der Waals surface area contributed by atoms with E-state index in [0.717, 1.165) is 9.88 Å². The van der Waals surface area contributed by atoms with Crippen LogP contribution in [0.25, 0.3) is 15.6 Å². The second-order valence-electron chi connectivity index (χ2n) is 6.58. The van der Waals surface area contributed by atoms with E-state index in [1.807, 2.05) is 17.5 Å². The van der Waals surface area contributed by atoms with Gasteiger partial charge in [-0.25, -0.2) is 14.1 Å². The van der Waals surface area contributed by atoms with Crippen molar-refractivity contribution in [1.29, 1.82) is 5.26 Å². The molecule has 0 saturated carbocycles. The number of nitrogens with two attached hydrogens (primary N) is 1. The van der Waals surface area contributed by atoms with Gasteiger partial charge in [-0.2, -0.15) is 10.4 Å². The third kappa shape index (κ3) is 4.47. The molecular formula is C21H17FN6OS2. The monoisotopic (exact) mass is 452 g/mol. The average molecular weight is 453 g/mol. The molecule has 0 aliphatic heterocycles. The van der Waals surface area contributed by atoms with E-state index >= 15 is 0 Å². The van der Waals surface area contributed by atoms with Crippen molar-refractivity contribution in [2.45, 2.75) is 12.8 Å². The molecule has 1 aromatic carbocycles. The van der Waals surface area contributed by atoms with Gasteiger partial charge in [0, 0.05) is 11.9 Å². The molecule has 0 unspecified atom stereocenters. The molecular weight excluding hydrogens is 435 g/mol. The number of carbonyl (C=O) groups is 1. The summed E-state index contributed by atoms with van der Waals surface area (Å²) in [6.07, 6.45) is 1.03. The summed E-state index contributed by atoms with van der Waals surface area (Å²) in [5.74, 6) is -0.402. The lowest BCUT2D eigenvalue weighted by molar-refractivity contribution is 0.0949. The summed E-state index contributed by atoms with van der Waals surface area (Å²) in [5.41, 5.74) is 7.84. The number of hydrogen-bond donors (Lipinski definition) is 2. The van der Waals surface area contributed by atoms with Gasteiger partial charge in [-0.05, 0) is 48.6 Å². The number of aromatic nitrogens is 3. The normalized spacial score (nSPS) is 10.7. The number of nitrogen functional groups attached to an aromatic ring is 1. The number of nitrogens with zero attached hydrogens (tertiary/aromatic N) is 4. The van der Waals surface area contributed by atoms with Crippen LogP contribution < -0.4 is 11.1 Å². The van der Waals surface area contributed by atoms with Crippen LogP contribution in [0, 0.1) is 17.1 Å². The fraction of sp³-hybridized carbons (Fsp3) is 0.143. The molecule has 0 aliphatic rings. The molecule has 3 heterocycles. The summed E-state index contributed by atoms with van der Waals surface area (Å²) >= 11 is 3.01. The van der Waals surface area contributed by atoms with Gasteiger partial charge in [0.05, 0.1) is 16.3 Å². The number of aryl methyl sites for hydroxylation is 1. The number of amides is 1. The van der Waals surface area contributed by atoms with E-state index < -0.39 is 0 Å². The van der Waals surface area contributed by atoms with Gasteiger partial charge in [-0.1, -0.05) is 6.07 Å². The highest BCUT2D eigenvalue weighted by molar-refractivity contribution is 7.20. The van der Waals surface area contributed by atoms with Crippen molar-refractivity contribution in [3.05, 3.63) is 69.9 Å². The number of rotatable bonds is 7. The molecule has 4 rings (SSSR count). The molecule has 10 heteroatoms. The SMILES string of the molecule is N#Cc1c(CCCNC(=O)c2csc(-c3cccs3)n2)nn(-c2ccc(F)cc2)c1N. The number of hydrogen-bond acceptors (Lipinski definition) is 7. The lowest BCUT2D eigenvalue weighted by Crippen LogP contribution is -2.25. The maximum absolute atomic E-state index is 13.2. The zero-order chi connectivity index (χ0) is 21.8. The summed E-state index contributed by atoms with van der Waals surface area (Å²) in [6, 6.07) is 11.7. The Labute approximate surface area is 185 Å². The molecule has 3 aromatic heterocycles. The number of nitrogens with one attached hydrogen (secondary N) is 1. The molecule has 31 heavy (non-hydrogen) atoms. The first kappa shape index (κ1) is 20.7. The van der Waals surface area contributed by atoms with Gasteiger partial charge in [-0.15, -0.1) is 22.7 Å². The van der Waals surface area contributed by atoms with Gasteiger partial charge in [0.2, 0.25) is 0 Å². The van der Waals surface area contributed by atoms with Crippen LogP contribution in [0.3, 0.4) is 0 Å². The van der Waals surface area contributed by atoms with Gasteiger partial charge >= 0.3 is 0 Å². The van der Waals surface area contributed by atoms with Crippen LogP contribution in [0.4, 0.5) is 10.2 Å². The minimum Gasteiger partial charge on any atom is -0.382 e. The standard InChI is InChI=1S/C21H17FN6OS2/c22-13-5-7-14(8-6-13)28-19(24)15(11-23)16(27-28)3-1-9-25-20(29)17-12-31-21(26-17)18-4-2-10-30-18/h2,4-8,10,12H,1,3,9,24H2,(H,25,29). The minimum atomic E-state index is -0.367. The van der Waals surface area contributed by atoms with Gasteiger partial charge in [0.25, 0.3) is 5.91 Å². The minimum absolute atomic E-state index is 0.205. The molecule has 4 aromatic rings. The molecule has 0 saturated heterocycles. The fourth-order valence-electron chi connectivity index (χ4n) is 2.99. The van der Waals surface area contributed by atoms with Crippen molar-refractivity contribution in [3.63, 3.8) is 0 Å². The summed E-state index contributed by atoms with van der Waals surface area (Å²) in [6.45, 7) is 0.402. The van der Waals surface area contributed by atoms with Crippen LogP contribution in [0.15, 0.2) is 47.2 Å². The molecule has 0 aliphatic carbocycles. The van der Waals surface area contributed by atoms with Crippen molar-refractivity contribution in [1.82, 2.24) is 20.1 Å². The van der Waals surface area contributed by atoms with Gasteiger partial charge in [0.1, 0.15) is 34.0 Å². The molecule has 0 bridgehead atoms. The Morgan fingerprint density at radius 3 is 2.77 bits per heavy atom. The first-order valence-electron chi connectivity index (χ1n) is 9.38. The third-order valence-electron chi connectivity index (χ3n) is 4.52. The molecule has 7 nitrogen and oxygen atoms in total. The summed E-state index contributed by atoms with van der Waals surface area (Å²) in [5, 5.41) is 21.2. The molecule has 0 fully saturated rings. The predicted molar refractivity (Wildman–Crippen MR) is 119 cm³/mol. The number of thiazole rings is 1. The molecule has 1 amide bonds. The third-order valence-corrected chi connectivity index (χ3v) is 6.40. The van der Waals surface area contributed by atoms with Crippen LogP contribution >= 0.6 is 22.7 Å². The van der Waals surface area contributed by atoms with Crippen LogP contribution in [-0.2, 0) is 6.42 Å². The van der Waals surface area contributed by atoms with E-state index in [9.17, 15) is 14.4 Å². The lowest BCUT2D eigenvalue weighted by atomic mass is 10.1. The first-order chi connectivity index (χ1) is 15.1. The van der Waals surface area contributed by atoms with Crippen molar-refractivity contribution in [2.75, 3.05) is 12.3 Å². The number of anilines is 1. The topological polar surface area (TPSA) is 110 Å². The Morgan fingerprint density at radius 2 is 2.06 bits per heavy atom. The zero-order valence-corrected chi connectivity index (χ0v) is 17.8. The molecule has 0 radical (unpaired) electrons. The summed E-state index contributed by atoms with van der Waals surface area (Å²) < 4.78 is 14.6. The molecule has 156 valence electrons. The maximum atomic E-state index is 13.2. The lowest BCUT2D eigenvalue weighted by Gasteiger charge is -2.03. The molecule has 0 spiro atoms. The van der Waals surface area contributed by atoms with Crippen molar-refractivity contribution in [3.8, 4) is 21.6 Å². The highest BCUT2D eigenvalue weighted by atomic mass is 32.1. The van der Waals surface area contributed by atoms with E-state index in [1.54, 1.807) is 28.8 Å². The zero-order valence-electron chi connectivity index (χ0n) is 16.2. The van der Waals surface area contributed by atoms with Crippen LogP contribution in [0.5, 0.6) is 0 Å². The number of carbonyl (C=O) groups excluding carboxylic acids is 1. The van der Waals surface area contributed by atoms with Crippen molar-refractivity contribution < 1.29 is 9.18 Å². The molecule has 0 atom stereocenters. The van der Waals surface area contributed by atoms with E-state index in [4.69, 9.17) is 5.73 Å². The second kappa shape index (κ2) is 9.07. The summed E-state index contributed by atoms with van der Waals surface area (Å²) in [7, 11) is 0. The highest BCUT2D eigenvalue weighted by Gasteiger charge is 2.17. The van der Waals surface area contributed by atoms with E-state index in [2.05, 4.69) is 21.5 Å². The number of thiophene rings is 1.